The predicted molar refractivity (Wildman–Crippen MR) is 163 cm³/mol. The molecule has 0 radical (unpaired) electrons. The quantitative estimate of drug-likeness (QED) is 0.179. The Morgan fingerprint density at radius 3 is 1.18 bits per heavy atom. The van der Waals surface area contributed by atoms with E-state index in [1.807, 2.05) is 62.4 Å². The van der Waals surface area contributed by atoms with Crippen molar-refractivity contribution in [3.8, 4) is 11.5 Å². The van der Waals surface area contributed by atoms with Gasteiger partial charge in [0.15, 0.2) is 11.6 Å². The lowest BCUT2D eigenvalue weighted by molar-refractivity contribution is -0.898. The van der Waals surface area contributed by atoms with Crippen LogP contribution in [0.15, 0.2) is 48.5 Å². The summed E-state index contributed by atoms with van der Waals surface area (Å²) in [4.78, 5) is 30.0. The highest BCUT2D eigenvalue weighted by atomic mass is 16.5. The number of unbranched alkanes of at least 4 members (excludes halogenated alkanes) is 1. The second kappa shape index (κ2) is 18.6. The van der Waals surface area contributed by atoms with Gasteiger partial charge in [0.05, 0.1) is 64.3 Å². The molecular weight excluding hydrogens is 500 g/mol. The Labute approximate surface area is 243 Å². The molecule has 6 nitrogen and oxygen atoms in total. The van der Waals surface area contributed by atoms with Crippen molar-refractivity contribution in [3.63, 3.8) is 0 Å². The molecule has 0 bridgehead atoms. The van der Waals surface area contributed by atoms with Crippen LogP contribution in [0.1, 0.15) is 87.9 Å². The van der Waals surface area contributed by atoms with Gasteiger partial charge in [0.2, 0.25) is 0 Å². The first-order chi connectivity index (χ1) is 19.4. The Balaban J connectivity index is 2.09. The van der Waals surface area contributed by atoms with Crippen molar-refractivity contribution in [2.75, 3.05) is 52.5 Å². The van der Waals surface area contributed by atoms with Gasteiger partial charge in [-0.3, -0.25) is 9.59 Å². The van der Waals surface area contributed by atoms with Crippen molar-refractivity contribution < 1.29 is 28.9 Å². The minimum absolute atomic E-state index is 0.0264. The monoisotopic (exact) mass is 554 g/mol. The van der Waals surface area contributed by atoms with E-state index >= 15 is 0 Å². The molecule has 0 heterocycles. The number of quaternary nitrogens is 2. The zero-order chi connectivity index (χ0) is 29.3. The number of hydrogen-bond acceptors (Lipinski definition) is 4. The molecule has 0 aliphatic carbocycles. The van der Waals surface area contributed by atoms with Crippen LogP contribution >= 0.6 is 0 Å². The maximum atomic E-state index is 13.6. The number of benzene rings is 2. The minimum Gasteiger partial charge on any atom is -0.494 e. The zero-order valence-corrected chi connectivity index (χ0v) is 25.9. The Bertz CT molecular complexity index is 901. The van der Waals surface area contributed by atoms with Crippen molar-refractivity contribution in [1.82, 2.24) is 0 Å². The van der Waals surface area contributed by atoms with Crippen LogP contribution in [0.3, 0.4) is 0 Å². The first-order valence-corrected chi connectivity index (χ1v) is 15.6. The van der Waals surface area contributed by atoms with Crippen LogP contribution in [-0.4, -0.2) is 64.0 Å². The number of carbonyl (C=O) groups is 2. The second-order valence-electron chi connectivity index (χ2n) is 10.6. The molecule has 40 heavy (non-hydrogen) atoms. The molecule has 2 unspecified atom stereocenters. The fourth-order valence-electron chi connectivity index (χ4n) is 5.44. The van der Waals surface area contributed by atoms with E-state index in [-0.39, 0.29) is 23.4 Å². The van der Waals surface area contributed by atoms with Crippen LogP contribution in [0.5, 0.6) is 11.5 Å². The molecule has 0 aliphatic rings. The molecule has 0 saturated carbocycles. The topological polar surface area (TPSA) is 61.5 Å². The highest BCUT2D eigenvalue weighted by Gasteiger charge is 2.27. The van der Waals surface area contributed by atoms with E-state index in [4.69, 9.17) is 9.47 Å². The summed E-state index contributed by atoms with van der Waals surface area (Å²) in [6.07, 6.45) is 3.57. The second-order valence-corrected chi connectivity index (χ2v) is 10.6. The summed E-state index contributed by atoms with van der Waals surface area (Å²) in [6.45, 7) is 19.6. The fourth-order valence-corrected chi connectivity index (χ4v) is 5.44. The first kappa shape index (κ1) is 33.5. The van der Waals surface area contributed by atoms with Gasteiger partial charge in [-0.25, -0.2) is 0 Å². The lowest BCUT2D eigenvalue weighted by Crippen LogP contribution is -3.12. The number of Topliss-reactive ketones (excluding diaryl/α,β-unsaturated/α-hetero) is 2. The van der Waals surface area contributed by atoms with E-state index in [1.165, 1.54) is 9.80 Å². The number of hydrogen-bond donors (Lipinski definition) is 2. The molecule has 0 aromatic heterocycles. The normalized spacial score (nSPS) is 12.9. The predicted octanol–water partition coefficient (Wildman–Crippen LogP) is 4.19. The average Bonchev–Trinajstić information content (AvgIpc) is 2.99. The summed E-state index contributed by atoms with van der Waals surface area (Å²) < 4.78 is 11.1. The third kappa shape index (κ3) is 10.7. The van der Waals surface area contributed by atoms with Gasteiger partial charge in [-0.15, -0.1) is 0 Å². The van der Waals surface area contributed by atoms with E-state index in [9.17, 15) is 9.59 Å². The van der Waals surface area contributed by atoms with Crippen LogP contribution in [0.2, 0.25) is 0 Å². The number of ether oxygens (including phenoxy) is 2. The molecule has 0 amide bonds. The zero-order valence-electron chi connectivity index (χ0n) is 25.9. The molecule has 0 spiro atoms. The van der Waals surface area contributed by atoms with Crippen molar-refractivity contribution in [2.45, 2.75) is 67.2 Å². The maximum Gasteiger partial charge on any atom is 0.171 e. The van der Waals surface area contributed by atoms with E-state index in [2.05, 4.69) is 27.7 Å². The highest BCUT2D eigenvalue weighted by molar-refractivity contribution is 5.98. The van der Waals surface area contributed by atoms with Crippen molar-refractivity contribution in [3.05, 3.63) is 59.7 Å². The lowest BCUT2D eigenvalue weighted by atomic mass is 9.88. The number of carbonyl (C=O) groups excluding carboxylic acids is 2. The van der Waals surface area contributed by atoms with Crippen LogP contribution in [0.25, 0.3) is 0 Å². The molecule has 6 heteroatoms. The van der Waals surface area contributed by atoms with Crippen molar-refractivity contribution in [1.29, 1.82) is 0 Å². The van der Waals surface area contributed by atoms with Gasteiger partial charge in [0.25, 0.3) is 0 Å². The summed E-state index contributed by atoms with van der Waals surface area (Å²) in [6, 6.07) is 15.2. The van der Waals surface area contributed by atoms with Crippen LogP contribution in [0.4, 0.5) is 0 Å². The van der Waals surface area contributed by atoms with Crippen LogP contribution in [-0.2, 0) is 0 Å². The van der Waals surface area contributed by atoms with Gasteiger partial charge in [-0.2, -0.15) is 0 Å². The summed E-state index contributed by atoms with van der Waals surface area (Å²) in [7, 11) is 0. The molecule has 2 aromatic rings. The van der Waals surface area contributed by atoms with Crippen molar-refractivity contribution in [2.24, 2.45) is 11.8 Å². The van der Waals surface area contributed by atoms with Crippen LogP contribution < -0.4 is 19.3 Å². The Hall–Kier alpha value is -2.70. The lowest BCUT2D eigenvalue weighted by Gasteiger charge is -2.24. The van der Waals surface area contributed by atoms with E-state index in [0.717, 1.165) is 87.6 Å². The van der Waals surface area contributed by atoms with E-state index in [0.29, 0.717) is 13.2 Å². The summed E-state index contributed by atoms with van der Waals surface area (Å²) in [5, 5.41) is 0. The van der Waals surface area contributed by atoms with E-state index < -0.39 is 0 Å². The van der Waals surface area contributed by atoms with Gasteiger partial charge >= 0.3 is 0 Å². The molecular formula is C34H54N2O4+2. The van der Waals surface area contributed by atoms with Crippen molar-refractivity contribution >= 4 is 11.6 Å². The molecule has 0 fully saturated rings. The SMILES string of the molecule is CCOc1ccc(C(=O)C(CCCCC(C[NH+](CC)CC)C(=O)c2ccc(OCC)cc2)C[NH+](CC)CC)cc1. The molecule has 222 valence electrons. The van der Waals surface area contributed by atoms with Gasteiger partial charge in [0.1, 0.15) is 11.5 Å². The third-order valence-electron chi connectivity index (χ3n) is 8.07. The van der Waals surface area contributed by atoms with Gasteiger partial charge in [0, 0.05) is 11.1 Å². The van der Waals surface area contributed by atoms with Crippen LogP contribution in [0, 0.1) is 11.8 Å². The molecule has 0 aliphatic heterocycles. The summed E-state index contributed by atoms with van der Waals surface area (Å²) in [5.74, 6) is 1.98. The van der Waals surface area contributed by atoms with Gasteiger partial charge < -0.3 is 19.3 Å². The summed E-state index contributed by atoms with van der Waals surface area (Å²) >= 11 is 0. The molecule has 2 aromatic carbocycles. The third-order valence-corrected chi connectivity index (χ3v) is 8.07. The smallest absolute Gasteiger partial charge is 0.171 e. The molecule has 2 N–H and O–H groups in total. The Kier molecular flexibility index (Phi) is 15.6. The number of nitrogens with one attached hydrogen (secondary N) is 2. The number of rotatable bonds is 21. The molecule has 2 atom stereocenters. The highest BCUT2D eigenvalue weighted by Crippen LogP contribution is 2.22. The largest absolute Gasteiger partial charge is 0.494 e. The van der Waals surface area contributed by atoms with Gasteiger partial charge in [-0.05, 0) is 103 Å². The fraction of sp³-hybridized carbons (Fsp3) is 0.588. The maximum absolute atomic E-state index is 13.6. The Morgan fingerprint density at radius 1 is 0.575 bits per heavy atom. The van der Waals surface area contributed by atoms with E-state index in [1.54, 1.807) is 0 Å². The average molecular weight is 555 g/mol. The first-order valence-electron chi connectivity index (χ1n) is 15.6. The summed E-state index contributed by atoms with van der Waals surface area (Å²) in [5.41, 5.74) is 1.52. The standard InChI is InChI=1S/C34H52N2O4/c1-7-35(8-2)25-29(33(37)27-17-21-31(22-18-27)39-11-5)15-13-14-16-30(26-36(9-3)10-4)34(38)28-19-23-32(24-20-28)40-12-6/h17-24,29-30H,7-16,25-26H2,1-6H3/p+2. The number of ketones is 2. The Morgan fingerprint density at radius 2 is 0.900 bits per heavy atom. The van der Waals surface area contributed by atoms with Gasteiger partial charge in [-0.1, -0.05) is 12.8 Å². The molecule has 2 rings (SSSR count). The minimum atomic E-state index is -0.0264. The molecule has 0 saturated heterocycles.